The zero-order chi connectivity index (χ0) is 11.8. The minimum absolute atomic E-state index is 0.365. The van der Waals surface area contributed by atoms with Crippen molar-refractivity contribution in [2.45, 2.75) is 20.0 Å². The Kier molecular flexibility index (Phi) is 6.70. The van der Waals surface area contributed by atoms with Gasteiger partial charge in [-0.15, -0.1) is 0 Å². The van der Waals surface area contributed by atoms with E-state index in [1.54, 1.807) is 6.07 Å². The Balaban J connectivity index is 0.000000288. The van der Waals surface area contributed by atoms with E-state index in [0.29, 0.717) is 5.75 Å². The van der Waals surface area contributed by atoms with Crippen LogP contribution in [0.1, 0.15) is 11.1 Å². The normalized spacial score (nSPS) is 9.73. The number of phenols is 1. The van der Waals surface area contributed by atoms with E-state index >= 15 is 0 Å². The Bertz CT molecular complexity index is 262. The highest BCUT2D eigenvalue weighted by atomic mass is 16.3. The number of aromatic hydroxyl groups is 1. The molecule has 0 heterocycles. The van der Waals surface area contributed by atoms with E-state index < -0.39 is 6.10 Å². The summed E-state index contributed by atoms with van der Waals surface area (Å²) in [7, 11) is 0. The van der Waals surface area contributed by atoms with Crippen molar-refractivity contribution in [3.63, 3.8) is 0 Å². The molecule has 4 N–H and O–H groups in total. The molecule has 0 fully saturated rings. The Hall–Kier alpha value is -1.10. The molecule has 0 atom stereocenters. The third-order valence-corrected chi connectivity index (χ3v) is 2.00. The second kappa shape index (κ2) is 7.23. The van der Waals surface area contributed by atoms with Gasteiger partial charge in [0.15, 0.2) is 0 Å². The summed E-state index contributed by atoms with van der Waals surface area (Å²) in [4.78, 5) is 0. The van der Waals surface area contributed by atoms with Gasteiger partial charge >= 0.3 is 0 Å². The molecule has 4 nitrogen and oxygen atoms in total. The number of hydrogen-bond acceptors (Lipinski definition) is 4. The van der Waals surface area contributed by atoms with Gasteiger partial charge in [-0.1, -0.05) is 12.1 Å². The van der Waals surface area contributed by atoms with Gasteiger partial charge in [0.2, 0.25) is 0 Å². The maximum atomic E-state index is 9.10. The first kappa shape index (κ1) is 13.9. The molecule has 0 aliphatic rings. The van der Waals surface area contributed by atoms with Gasteiger partial charge in [-0.25, -0.2) is 0 Å². The van der Waals surface area contributed by atoms with Gasteiger partial charge in [-0.3, -0.25) is 0 Å². The number of aliphatic hydroxyl groups is 3. The molecule has 1 aromatic rings. The first-order valence-corrected chi connectivity index (χ1v) is 4.67. The first-order chi connectivity index (χ1) is 7.02. The Morgan fingerprint density at radius 1 is 1.13 bits per heavy atom. The van der Waals surface area contributed by atoms with Gasteiger partial charge in [0, 0.05) is 0 Å². The Morgan fingerprint density at radius 2 is 1.67 bits per heavy atom. The molecule has 86 valence electrons. The number of aliphatic hydroxyl groups excluding tert-OH is 3. The van der Waals surface area contributed by atoms with E-state index in [1.165, 1.54) is 0 Å². The molecule has 1 aromatic carbocycles. The fourth-order valence-corrected chi connectivity index (χ4v) is 0.793. The second-order valence-corrected chi connectivity index (χ2v) is 3.24. The smallest absolute Gasteiger partial charge is 0.118 e. The zero-order valence-corrected chi connectivity index (χ0v) is 9.01. The largest absolute Gasteiger partial charge is 0.508 e. The number of rotatable bonds is 2. The van der Waals surface area contributed by atoms with Crippen molar-refractivity contribution in [3.8, 4) is 5.75 Å². The van der Waals surface area contributed by atoms with Crippen LogP contribution in [0.5, 0.6) is 5.75 Å². The molecule has 0 aliphatic heterocycles. The fourth-order valence-electron chi connectivity index (χ4n) is 0.793. The van der Waals surface area contributed by atoms with Crippen molar-refractivity contribution in [1.82, 2.24) is 0 Å². The van der Waals surface area contributed by atoms with Crippen LogP contribution in [-0.2, 0) is 0 Å². The molecule has 0 radical (unpaired) electrons. The molecule has 0 spiro atoms. The lowest BCUT2D eigenvalue weighted by Crippen LogP contribution is -2.15. The summed E-state index contributed by atoms with van der Waals surface area (Å²) in [6, 6.07) is 5.52. The molecule has 1 rings (SSSR count). The SMILES string of the molecule is Cc1cccc(O)c1C.OCC(O)CO. The van der Waals surface area contributed by atoms with E-state index in [4.69, 9.17) is 20.4 Å². The Labute approximate surface area is 89.4 Å². The predicted molar refractivity (Wildman–Crippen MR) is 57.8 cm³/mol. The van der Waals surface area contributed by atoms with E-state index in [1.807, 2.05) is 26.0 Å². The maximum absolute atomic E-state index is 9.10. The minimum atomic E-state index is -0.954. The molecule has 0 amide bonds. The molecule has 0 aliphatic carbocycles. The van der Waals surface area contributed by atoms with Crippen LogP contribution >= 0.6 is 0 Å². The van der Waals surface area contributed by atoms with Crippen molar-refractivity contribution in [1.29, 1.82) is 0 Å². The molecule has 4 heteroatoms. The van der Waals surface area contributed by atoms with Gasteiger partial charge in [0.05, 0.1) is 13.2 Å². The van der Waals surface area contributed by atoms with Crippen LogP contribution < -0.4 is 0 Å². The number of phenolic OH excluding ortho intramolecular Hbond substituents is 1. The first-order valence-electron chi connectivity index (χ1n) is 4.67. The van der Waals surface area contributed by atoms with Crippen LogP contribution in [0, 0.1) is 13.8 Å². The van der Waals surface area contributed by atoms with Crippen molar-refractivity contribution < 1.29 is 20.4 Å². The zero-order valence-electron chi connectivity index (χ0n) is 9.01. The third-order valence-electron chi connectivity index (χ3n) is 2.00. The summed E-state index contributed by atoms with van der Waals surface area (Å²) in [5.74, 6) is 0.384. The summed E-state index contributed by atoms with van der Waals surface area (Å²) in [5, 5.41) is 33.1. The molecule has 0 aromatic heterocycles. The minimum Gasteiger partial charge on any atom is -0.508 e. The topological polar surface area (TPSA) is 80.9 Å². The summed E-state index contributed by atoms with van der Waals surface area (Å²) >= 11 is 0. The van der Waals surface area contributed by atoms with Crippen LogP contribution in [0.3, 0.4) is 0 Å². The van der Waals surface area contributed by atoms with Crippen LogP contribution in [0.25, 0.3) is 0 Å². The van der Waals surface area contributed by atoms with Gasteiger partial charge in [0.1, 0.15) is 11.9 Å². The quantitative estimate of drug-likeness (QED) is 0.572. The summed E-state index contributed by atoms with van der Waals surface area (Å²) < 4.78 is 0. The molecule has 15 heavy (non-hydrogen) atoms. The van der Waals surface area contributed by atoms with Crippen LogP contribution in [-0.4, -0.2) is 39.7 Å². The number of benzene rings is 1. The molecular formula is C11H18O4. The monoisotopic (exact) mass is 214 g/mol. The van der Waals surface area contributed by atoms with Crippen molar-refractivity contribution >= 4 is 0 Å². The van der Waals surface area contributed by atoms with Crippen LogP contribution in [0.4, 0.5) is 0 Å². The van der Waals surface area contributed by atoms with E-state index in [0.717, 1.165) is 11.1 Å². The van der Waals surface area contributed by atoms with Crippen LogP contribution in [0.15, 0.2) is 18.2 Å². The lowest BCUT2D eigenvalue weighted by Gasteiger charge is -1.99. The molecule has 0 saturated carbocycles. The molecule has 0 saturated heterocycles. The fraction of sp³-hybridized carbons (Fsp3) is 0.455. The highest BCUT2D eigenvalue weighted by molar-refractivity contribution is 5.36. The van der Waals surface area contributed by atoms with Crippen LogP contribution in [0.2, 0.25) is 0 Å². The summed E-state index contributed by atoms with van der Waals surface area (Å²) in [6.07, 6.45) is -0.954. The lowest BCUT2D eigenvalue weighted by atomic mass is 10.1. The number of aryl methyl sites for hydroxylation is 1. The standard InChI is InChI=1S/C8H10O.C3H8O3/c1-6-4-3-5-8(9)7(6)2;4-1-3(6)2-5/h3-5,9H,1-2H3;3-6H,1-2H2. The average Bonchev–Trinajstić information content (AvgIpc) is 2.25. The van der Waals surface area contributed by atoms with Gasteiger partial charge < -0.3 is 20.4 Å². The average molecular weight is 214 g/mol. The molecular weight excluding hydrogens is 196 g/mol. The van der Waals surface area contributed by atoms with Crippen molar-refractivity contribution in [2.24, 2.45) is 0 Å². The van der Waals surface area contributed by atoms with Gasteiger partial charge in [0.25, 0.3) is 0 Å². The van der Waals surface area contributed by atoms with Crippen molar-refractivity contribution in [3.05, 3.63) is 29.3 Å². The highest BCUT2D eigenvalue weighted by Gasteiger charge is 1.94. The van der Waals surface area contributed by atoms with E-state index in [-0.39, 0.29) is 13.2 Å². The van der Waals surface area contributed by atoms with Gasteiger partial charge in [-0.2, -0.15) is 0 Å². The number of hydrogen-bond donors (Lipinski definition) is 4. The van der Waals surface area contributed by atoms with Gasteiger partial charge in [-0.05, 0) is 31.0 Å². The Morgan fingerprint density at radius 3 is 1.93 bits per heavy atom. The van der Waals surface area contributed by atoms with E-state index in [2.05, 4.69) is 0 Å². The highest BCUT2D eigenvalue weighted by Crippen LogP contribution is 2.17. The lowest BCUT2D eigenvalue weighted by molar-refractivity contribution is 0.0450. The second-order valence-electron chi connectivity index (χ2n) is 3.24. The molecule has 0 bridgehead atoms. The summed E-state index contributed by atoms with van der Waals surface area (Å²) in [5.41, 5.74) is 2.10. The predicted octanol–water partition coefficient (Wildman–Crippen LogP) is 0.341. The maximum Gasteiger partial charge on any atom is 0.118 e. The summed E-state index contributed by atoms with van der Waals surface area (Å²) in [6.45, 7) is 3.16. The van der Waals surface area contributed by atoms with Crippen molar-refractivity contribution in [2.75, 3.05) is 13.2 Å². The van der Waals surface area contributed by atoms with E-state index in [9.17, 15) is 0 Å². The third kappa shape index (κ3) is 5.37. The molecule has 0 unspecified atom stereocenters.